The predicted molar refractivity (Wildman–Crippen MR) is 78.1 cm³/mol. The van der Waals surface area contributed by atoms with Crippen molar-refractivity contribution in [2.24, 2.45) is 11.8 Å². The van der Waals surface area contributed by atoms with Gasteiger partial charge < -0.3 is 10.1 Å². The van der Waals surface area contributed by atoms with Crippen molar-refractivity contribution in [1.29, 1.82) is 0 Å². The third kappa shape index (κ3) is 5.87. The SMILES string of the molecule is CNC(=O)C(CC(=O)OCC(C)C)Cc1ccccc1. The minimum atomic E-state index is -0.387. The van der Waals surface area contributed by atoms with Gasteiger partial charge in [-0.2, -0.15) is 0 Å². The predicted octanol–water partition coefficient (Wildman–Crippen LogP) is 2.18. The molecule has 0 aromatic heterocycles. The van der Waals surface area contributed by atoms with Crippen molar-refractivity contribution < 1.29 is 14.3 Å². The van der Waals surface area contributed by atoms with Gasteiger partial charge >= 0.3 is 5.97 Å². The van der Waals surface area contributed by atoms with Gasteiger partial charge in [-0.3, -0.25) is 9.59 Å². The van der Waals surface area contributed by atoms with Crippen LogP contribution in [0.2, 0.25) is 0 Å². The molecule has 1 aromatic rings. The van der Waals surface area contributed by atoms with Gasteiger partial charge in [0.2, 0.25) is 5.91 Å². The Hall–Kier alpha value is -1.84. The van der Waals surface area contributed by atoms with Gasteiger partial charge in [-0.1, -0.05) is 44.2 Å². The maximum atomic E-state index is 11.9. The van der Waals surface area contributed by atoms with Crippen LogP contribution < -0.4 is 5.32 Å². The smallest absolute Gasteiger partial charge is 0.306 e. The molecule has 0 fully saturated rings. The van der Waals surface area contributed by atoms with Crippen LogP contribution in [0.25, 0.3) is 0 Å². The van der Waals surface area contributed by atoms with E-state index in [9.17, 15) is 9.59 Å². The summed E-state index contributed by atoms with van der Waals surface area (Å²) in [5.74, 6) is -0.535. The normalized spacial score (nSPS) is 12.0. The Kier molecular flexibility index (Phi) is 6.77. The standard InChI is InChI=1S/C16H23NO3/c1-12(2)11-20-15(18)10-14(16(19)17-3)9-13-7-5-4-6-8-13/h4-8,12,14H,9-11H2,1-3H3,(H,17,19). The molecule has 0 aliphatic heterocycles. The average molecular weight is 277 g/mol. The summed E-state index contributed by atoms with van der Waals surface area (Å²) in [6, 6.07) is 9.68. The maximum absolute atomic E-state index is 11.9. The monoisotopic (exact) mass is 277 g/mol. The van der Waals surface area contributed by atoms with Crippen molar-refractivity contribution in [3.63, 3.8) is 0 Å². The summed E-state index contributed by atoms with van der Waals surface area (Å²) in [5.41, 5.74) is 1.04. The summed E-state index contributed by atoms with van der Waals surface area (Å²) in [5, 5.41) is 2.61. The fraction of sp³-hybridized carbons (Fsp3) is 0.500. The summed E-state index contributed by atoms with van der Waals surface area (Å²) in [7, 11) is 1.58. The topological polar surface area (TPSA) is 55.4 Å². The van der Waals surface area contributed by atoms with E-state index in [0.29, 0.717) is 18.9 Å². The highest BCUT2D eigenvalue weighted by Crippen LogP contribution is 2.14. The second-order valence-corrected chi connectivity index (χ2v) is 5.28. The molecule has 1 N–H and O–H groups in total. The molecular formula is C16H23NO3. The Morgan fingerprint density at radius 2 is 1.85 bits per heavy atom. The molecule has 20 heavy (non-hydrogen) atoms. The van der Waals surface area contributed by atoms with Gasteiger partial charge in [0.25, 0.3) is 0 Å². The molecule has 4 heteroatoms. The van der Waals surface area contributed by atoms with Gasteiger partial charge in [0.15, 0.2) is 0 Å². The summed E-state index contributed by atoms with van der Waals surface area (Å²) < 4.78 is 5.15. The fourth-order valence-electron chi connectivity index (χ4n) is 1.88. The van der Waals surface area contributed by atoms with E-state index in [1.54, 1.807) is 7.05 Å². The number of hydrogen-bond acceptors (Lipinski definition) is 3. The lowest BCUT2D eigenvalue weighted by atomic mass is 9.95. The highest BCUT2D eigenvalue weighted by Gasteiger charge is 2.22. The van der Waals surface area contributed by atoms with Gasteiger partial charge in [0.1, 0.15) is 0 Å². The van der Waals surface area contributed by atoms with Crippen molar-refractivity contribution in [2.45, 2.75) is 26.7 Å². The number of amides is 1. The Morgan fingerprint density at radius 3 is 2.40 bits per heavy atom. The minimum absolute atomic E-state index is 0.112. The van der Waals surface area contributed by atoms with Crippen LogP contribution in [0.3, 0.4) is 0 Å². The molecule has 0 saturated carbocycles. The Bertz CT molecular complexity index is 429. The summed E-state index contributed by atoms with van der Waals surface area (Å²) >= 11 is 0. The van der Waals surface area contributed by atoms with Crippen LogP contribution >= 0.6 is 0 Å². The molecule has 1 atom stereocenters. The Labute approximate surface area is 120 Å². The van der Waals surface area contributed by atoms with E-state index in [1.165, 1.54) is 0 Å². The van der Waals surface area contributed by atoms with E-state index in [2.05, 4.69) is 5.32 Å². The van der Waals surface area contributed by atoms with Gasteiger partial charge in [-0.25, -0.2) is 0 Å². The van der Waals surface area contributed by atoms with Crippen LogP contribution in [-0.4, -0.2) is 25.5 Å². The van der Waals surface area contributed by atoms with Crippen molar-refractivity contribution >= 4 is 11.9 Å². The molecule has 0 radical (unpaired) electrons. The maximum Gasteiger partial charge on any atom is 0.306 e. The van der Waals surface area contributed by atoms with Gasteiger partial charge in [-0.05, 0) is 17.9 Å². The van der Waals surface area contributed by atoms with E-state index < -0.39 is 0 Å². The number of ether oxygens (including phenoxy) is 1. The summed E-state index contributed by atoms with van der Waals surface area (Å²) in [6.07, 6.45) is 0.651. The summed E-state index contributed by atoms with van der Waals surface area (Å²) in [4.78, 5) is 23.6. The van der Waals surface area contributed by atoms with Crippen molar-refractivity contribution in [3.05, 3.63) is 35.9 Å². The zero-order valence-electron chi connectivity index (χ0n) is 12.4. The van der Waals surface area contributed by atoms with E-state index in [-0.39, 0.29) is 24.2 Å². The number of hydrogen-bond donors (Lipinski definition) is 1. The highest BCUT2D eigenvalue weighted by atomic mass is 16.5. The van der Waals surface area contributed by atoms with Gasteiger partial charge in [0, 0.05) is 7.05 Å². The van der Waals surface area contributed by atoms with Crippen molar-refractivity contribution in [2.75, 3.05) is 13.7 Å². The Balaban J connectivity index is 2.61. The van der Waals surface area contributed by atoms with Crippen LogP contribution in [-0.2, 0) is 20.7 Å². The zero-order chi connectivity index (χ0) is 15.0. The molecule has 1 amide bonds. The highest BCUT2D eigenvalue weighted by molar-refractivity contribution is 5.83. The minimum Gasteiger partial charge on any atom is -0.465 e. The molecular weight excluding hydrogens is 254 g/mol. The number of nitrogens with one attached hydrogen (secondary N) is 1. The lowest BCUT2D eigenvalue weighted by molar-refractivity contribution is -0.147. The van der Waals surface area contributed by atoms with Crippen LogP contribution in [0, 0.1) is 11.8 Å². The fourth-order valence-corrected chi connectivity index (χ4v) is 1.88. The first-order valence-corrected chi connectivity index (χ1v) is 6.94. The molecule has 1 aromatic carbocycles. The van der Waals surface area contributed by atoms with Crippen LogP contribution in [0.4, 0.5) is 0 Å². The molecule has 4 nitrogen and oxygen atoms in total. The van der Waals surface area contributed by atoms with Gasteiger partial charge in [-0.15, -0.1) is 0 Å². The number of carbonyl (C=O) groups is 2. The molecule has 0 bridgehead atoms. The third-order valence-corrected chi connectivity index (χ3v) is 2.93. The first-order chi connectivity index (χ1) is 9.52. The van der Waals surface area contributed by atoms with E-state index in [4.69, 9.17) is 4.74 Å². The van der Waals surface area contributed by atoms with Gasteiger partial charge in [0.05, 0.1) is 18.9 Å². The molecule has 0 aliphatic carbocycles. The van der Waals surface area contributed by atoms with E-state index in [1.807, 2.05) is 44.2 Å². The molecule has 0 aliphatic rings. The quantitative estimate of drug-likeness (QED) is 0.777. The zero-order valence-corrected chi connectivity index (χ0v) is 12.4. The first-order valence-electron chi connectivity index (χ1n) is 6.94. The summed E-state index contributed by atoms with van der Waals surface area (Å²) in [6.45, 7) is 4.35. The molecule has 1 rings (SSSR count). The molecule has 0 spiro atoms. The lowest BCUT2D eigenvalue weighted by Crippen LogP contribution is -2.31. The Morgan fingerprint density at radius 1 is 1.20 bits per heavy atom. The molecule has 0 heterocycles. The number of rotatable bonds is 7. The van der Waals surface area contributed by atoms with Crippen LogP contribution in [0.5, 0.6) is 0 Å². The third-order valence-electron chi connectivity index (χ3n) is 2.93. The number of esters is 1. The average Bonchev–Trinajstić information content (AvgIpc) is 2.44. The number of benzene rings is 1. The number of carbonyl (C=O) groups excluding carboxylic acids is 2. The largest absolute Gasteiger partial charge is 0.465 e. The molecule has 0 saturated heterocycles. The first kappa shape index (κ1) is 16.2. The lowest BCUT2D eigenvalue weighted by Gasteiger charge is -2.15. The second-order valence-electron chi connectivity index (χ2n) is 5.28. The molecule has 1 unspecified atom stereocenters. The van der Waals surface area contributed by atoms with E-state index in [0.717, 1.165) is 5.56 Å². The van der Waals surface area contributed by atoms with Crippen molar-refractivity contribution in [3.8, 4) is 0 Å². The van der Waals surface area contributed by atoms with E-state index >= 15 is 0 Å². The van der Waals surface area contributed by atoms with Crippen LogP contribution in [0.15, 0.2) is 30.3 Å². The second kappa shape index (κ2) is 8.35. The molecule has 110 valence electrons. The van der Waals surface area contributed by atoms with Crippen molar-refractivity contribution in [1.82, 2.24) is 5.32 Å². The van der Waals surface area contributed by atoms with Crippen LogP contribution in [0.1, 0.15) is 25.8 Å².